The minimum Gasteiger partial charge on any atom is -0.341 e. The first kappa shape index (κ1) is 23.9. The van der Waals surface area contributed by atoms with Crippen LogP contribution in [0.5, 0.6) is 0 Å². The highest BCUT2D eigenvalue weighted by Crippen LogP contribution is 2.23. The van der Waals surface area contributed by atoms with Crippen LogP contribution in [0.15, 0.2) is 49.2 Å². The van der Waals surface area contributed by atoms with Gasteiger partial charge in [-0.25, -0.2) is 13.8 Å². The van der Waals surface area contributed by atoms with Crippen LogP contribution in [0, 0.1) is 11.6 Å². The molecule has 0 radical (unpaired) electrons. The molecule has 1 aliphatic rings. The van der Waals surface area contributed by atoms with Crippen LogP contribution >= 0.6 is 11.6 Å². The number of halogens is 3. The van der Waals surface area contributed by atoms with Crippen molar-refractivity contribution in [1.29, 1.82) is 0 Å². The van der Waals surface area contributed by atoms with Crippen LogP contribution in [0.4, 0.5) is 8.78 Å². The number of hydrogen-bond acceptors (Lipinski definition) is 5. The highest BCUT2D eigenvalue weighted by Gasteiger charge is 2.31. The van der Waals surface area contributed by atoms with Crippen molar-refractivity contribution in [3.8, 4) is 0 Å². The lowest BCUT2D eigenvalue weighted by Crippen LogP contribution is -2.52. The van der Waals surface area contributed by atoms with Crippen molar-refractivity contribution < 1.29 is 18.4 Å². The maximum absolute atomic E-state index is 14.4. The summed E-state index contributed by atoms with van der Waals surface area (Å²) in [5.41, 5.74) is 0.774. The molecule has 1 aliphatic heterocycles. The minimum atomic E-state index is -1.06. The van der Waals surface area contributed by atoms with E-state index in [4.69, 9.17) is 11.6 Å². The van der Waals surface area contributed by atoms with E-state index in [1.54, 1.807) is 29.7 Å². The van der Waals surface area contributed by atoms with E-state index in [0.29, 0.717) is 42.0 Å². The summed E-state index contributed by atoms with van der Waals surface area (Å²) in [6, 6.07) is 5.51. The number of aromatic nitrogens is 5. The molecule has 0 saturated carbocycles. The van der Waals surface area contributed by atoms with Crippen LogP contribution in [0.25, 0.3) is 11.0 Å². The molecule has 4 aromatic rings. The summed E-state index contributed by atoms with van der Waals surface area (Å²) in [6.07, 6.45) is 5.98. The average Bonchev–Trinajstić information content (AvgIpc) is 3.55. The highest BCUT2D eigenvalue weighted by molar-refractivity contribution is 6.31. The van der Waals surface area contributed by atoms with Gasteiger partial charge in [-0.15, -0.1) is 10.2 Å². The second-order valence-corrected chi connectivity index (χ2v) is 9.14. The molecule has 1 saturated heterocycles. The first-order valence-corrected chi connectivity index (χ1v) is 11.8. The topological polar surface area (TPSA) is 109 Å². The summed E-state index contributed by atoms with van der Waals surface area (Å²) in [4.78, 5) is 35.3. The standard InChI is InChI=1S/C24H22ClF2N7O2/c25-16-7-15-9-20(31-22(15)28-11-16)23(35)32-21(8-14-1-2-17(26)10-19(14)27)24(36)33-5-3-18(4-6-33)34-12-29-30-13-34/h1-2,7,9-13,18,21H,3-6,8H2,(H,28,31)(H,32,35)/t21-/m0/s1. The van der Waals surface area contributed by atoms with Gasteiger partial charge in [0.15, 0.2) is 0 Å². The number of aromatic amines is 1. The number of hydrogen-bond donors (Lipinski definition) is 2. The quantitative estimate of drug-likeness (QED) is 0.411. The van der Waals surface area contributed by atoms with Crippen LogP contribution in [-0.2, 0) is 11.2 Å². The van der Waals surface area contributed by atoms with Gasteiger partial charge in [-0.2, -0.15) is 0 Å². The molecule has 5 rings (SSSR count). The van der Waals surface area contributed by atoms with Gasteiger partial charge in [-0.05, 0) is 36.6 Å². The van der Waals surface area contributed by atoms with E-state index in [2.05, 4.69) is 25.5 Å². The fraction of sp³-hybridized carbons (Fsp3) is 0.292. The number of benzene rings is 1. The third-order valence-electron chi connectivity index (χ3n) is 6.36. The molecule has 1 fully saturated rings. The zero-order chi connectivity index (χ0) is 25.2. The Balaban J connectivity index is 1.35. The monoisotopic (exact) mass is 513 g/mol. The van der Waals surface area contributed by atoms with Crippen molar-refractivity contribution >= 4 is 34.4 Å². The number of pyridine rings is 1. The molecular formula is C24H22ClF2N7O2. The Kier molecular flexibility index (Phi) is 6.64. The fourth-order valence-corrected chi connectivity index (χ4v) is 4.62. The Bertz CT molecular complexity index is 1400. The zero-order valence-corrected chi connectivity index (χ0v) is 19.8. The summed E-state index contributed by atoms with van der Waals surface area (Å²) in [7, 11) is 0. The van der Waals surface area contributed by atoms with Crippen LogP contribution < -0.4 is 5.32 Å². The number of H-pyrrole nitrogens is 1. The Morgan fingerprint density at radius 3 is 2.61 bits per heavy atom. The molecule has 1 aromatic carbocycles. The Morgan fingerprint density at radius 1 is 1.14 bits per heavy atom. The van der Waals surface area contributed by atoms with Crippen molar-refractivity contribution in [2.75, 3.05) is 13.1 Å². The molecule has 3 aromatic heterocycles. The Morgan fingerprint density at radius 2 is 1.89 bits per heavy atom. The van der Waals surface area contributed by atoms with Crippen LogP contribution in [0.2, 0.25) is 5.02 Å². The van der Waals surface area contributed by atoms with E-state index < -0.39 is 23.6 Å². The highest BCUT2D eigenvalue weighted by atomic mass is 35.5. The third kappa shape index (κ3) is 5.06. The molecule has 0 unspecified atom stereocenters. The van der Waals surface area contributed by atoms with E-state index in [1.807, 2.05) is 4.57 Å². The van der Waals surface area contributed by atoms with Gasteiger partial charge in [0.05, 0.1) is 5.02 Å². The van der Waals surface area contributed by atoms with E-state index in [-0.39, 0.29) is 29.6 Å². The maximum atomic E-state index is 14.4. The number of rotatable bonds is 6. The SMILES string of the molecule is O=C(N[C@@H](Cc1ccc(F)cc1F)C(=O)N1CCC(n2cnnc2)CC1)c1cc2cc(Cl)cnc2[nH]1. The van der Waals surface area contributed by atoms with Crippen LogP contribution in [0.1, 0.15) is 34.9 Å². The lowest BCUT2D eigenvalue weighted by Gasteiger charge is -2.34. The fourth-order valence-electron chi connectivity index (χ4n) is 4.46. The normalized spacial score (nSPS) is 15.2. The van der Waals surface area contributed by atoms with Gasteiger partial charge in [0.1, 0.15) is 41.7 Å². The molecule has 2 N–H and O–H groups in total. The minimum absolute atomic E-state index is 0.125. The second kappa shape index (κ2) is 10.0. The summed E-state index contributed by atoms with van der Waals surface area (Å²) in [6.45, 7) is 0.906. The predicted molar refractivity (Wildman–Crippen MR) is 127 cm³/mol. The van der Waals surface area contributed by atoms with Crippen molar-refractivity contribution in [2.45, 2.75) is 31.3 Å². The van der Waals surface area contributed by atoms with Gasteiger partial charge in [0.25, 0.3) is 5.91 Å². The first-order chi connectivity index (χ1) is 17.4. The van der Waals surface area contributed by atoms with Crippen molar-refractivity contribution in [3.05, 3.63) is 77.1 Å². The number of likely N-dealkylation sites (tertiary alicyclic amines) is 1. The number of carbonyl (C=O) groups is 2. The van der Waals surface area contributed by atoms with Gasteiger partial charge in [0, 0.05) is 43.2 Å². The molecule has 9 nitrogen and oxygen atoms in total. The number of nitrogens with one attached hydrogen (secondary N) is 2. The molecule has 2 amide bonds. The summed E-state index contributed by atoms with van der Waals surface area (Å²) in [5, 5.41) is 11.4. The van der Waals surface area contributed by atoms with Crippen molar-refractivity contribution in [2.24, 2.45) is 0 Å². The molecule has 12 heteroatoms. The summed E-state index contributed by atoms with van der Waals surface area (Å²) >= 11 is 5.98. The number of fused-ring (bicyclic) bond motifs is 1. The Hall–Kier alpha value is -3.86. The van der Waals surface area contributed by atoms with Gasteiger partial charge in [-0.3, -0.25) is 9.59 Å². The molecular weight excluding hydrogens is 492 g/mol. The van der Waals surface area contributed by atoms with Gasteiger partial charge >= 0.3 is 0 Å². The maximum Gasteiger partial charge on any atom is 0.268 e. The Labute approximate surface area is 209 Å². The van der Waals surface area contributed by atoms with Crippen molar-refractivity contribution in [1.82, 2.24) is 34.9 Å². The largest absolute Gasteiger partial charge is 0.341 e. The number of carbonyl (C=O) groups excluding carboxylic acids is 2. The molecule has 0 spiro atoms. The average molecular weight is 514 g/mol. The third-order valence-corrected chi connectivity index (χ3v) is 6.57. The van der Waals surface area contributed by atoms with E-state index in [0.717, 1.165) is 12.1 Å². The van der Waals surface area contributed by atoms with E-state index in [1.165, 1.54) is 12.3 Å². The van der Waals surface area contributed by atoms with E-state index >= 15 is 0 Å². The number of amides is 2. The number of nitrogens with zero attached hydrogens (tertiary/aromatic N) is 5. The summed E-state index contributed by atoms with van der Waals surface area (Å²) in [5.74, 6) is -2.39. The second-order valence-electron chi connectivity index (χ2n) is 8.71. The molecule has 0 bridgehead atoms. The summed E-state index contributed by atoms with van der Waals surface area (Å²) < 4.78 is 29.8. The van der Waals surface area contributed by atoms with Crippen molar-refractivity contribution in [3.63, 3.8) is 0 Å². The zero-order valence-electron chi connectivity index (χ0n) is 19.0. The lowest BCUT2D eigenvalue weighted by atomic mass is 10.0. The van der Waals surface area contributed by atoms with Gasteiger partial charge in [-0.1, -0.05) is 17.7 Å². The molecule has 36 heavy (non-hydrogen) atoms. The molecule has 4 heterocycles. The van der Waals surface area contributed by atoms with Crippen LogP contribution in [0.3, 0.4) is 0 Å². The molecule has 186 valence electrons. The number of piperidine rings is 1. The predicted octanol–water partition coefficient (Wildman–Crippen LogP) is 3.29. The molecule has 1 atom stereocenters. The molecule has 0 aliphatic carbocycles. The van der Waals surface area contributed by atoms with Gasteiger partial charge in [0.2, 0.25) is 5.91 Å². The van der Waals surface area contributed by atoms with E-state index in [9.17, 15) is 18.4 Å². The van der Waals surface area contributed by atoms with Crippen LogP contribution in [-0.4, -0.2) is 60.6 Å². The van der Waals surface area contributed by atoms with Gasteiger partial charge < -0.3 is 19.8 Å². The lowest BCUT2D eigenvalue weighted by molar-refractivity contribution is -0.134. The smallest absolute Gasteiger partial charge is 0.268 e. The first-order valence-electron chi connectivity index (χ1n) is 11.4.